The quantitative estimate of drug-likeness (QED) is 0.828. The lowest BCUT2D eigenvalue weighted by atomic mass is 10.0. The van der Waals surface area contributed by atoms with Gasteiger partial charge in [0.2, 0.25) is 5.91 Å². The molecule has 1 aliphatic heterocycles. The summed E-state index contributed by atoms with van der Waals surface area (Å²) < 4.78 is 16.4. The smallest absolute Gasteiger partial charge is 0.251 e. The van der Waals surface area contributed by atoms with Gasteiger partial charge in [0.1, 0.15) is 12.4 Å². The van der Waals surface area contributed by atoms with Gasteiger partial charge < -0.3 is 24.4 Å². The predicted molar refractivity (Wildman–Crippen MR) is 92.9 cm³/mol. The van der Waals surface area contributed by atoms with Crippen molar-refractivity contribution in [2.24, 2.45) is 0 Å². The van der Waals surface area contributed by atoms with Crippen molar-refractivity contribution in [2.75, 3.05) is 41.0 Å². The van der Waals surface area contributed by atoms with Crippen LogP contribution in [0.25, 0.3) is 0 Å². The SMILES string of the molecule is COc1ccc(C(=O)N[C@@H]2COCC[C@@H]2OCC(=O)N(C)C)cc1C. The summed E-state index contributed by atoms with van der Waals surface area (Å²) in [4.78, 5) is 25.7. The largest absolute Gasteiger partial charge is 0.496 e. The Morgan fingerprint density at radius 1 is 1.36 bits per heavy atom. The molecule has 138 valence electrons. The summed E-state index contributed by atoms with van der Waals surface area (Å²) in [6.45, 7) is 2.79. The molecule has 1 fully saturated rings. The standard InChI is InChI=1S/C18H26N2O5/c1-12-9-13(5-6-15(12)23-4)18(22)19-14-10-24-8-7-16(14)25-11-17(21)20(2)3/h5-6,9,14,16H,7-8,10-11H2,1-4H3,(H,19,22)/t14-,16+/m1/s1. The Hall–Kier alpha value is -2.12. The van der Waals surface area contributed by atoms with Crippen LogP contribution in [0.1, 0.15) is 22.3 Å². The second kappa shape index (κ2) is 8.82. The molecule has 1 aromatic carbocycles. The van der Waals surface area contributed by atoms with E-state index in [1.807, 2.05) is 6.92 Å². The number of carbonyl (C=O) groups excluding carboxylic acids is 2. The first-order valence-electron chi connectivity index (χ1n) is 8.27. The average molecular weight is 350 g/mol. The number of methoxy groups -OCH3 is 1. The molecule has 1 N–H and O–H groups in total. The molecule has 1 aromatic rings. The van der Waals surface area contributed by atoms with Crippen molar-refractivity contribution in [3.05, 3.63) is 29.3 Å². The number of nitrogens with zero attached hydrogens (tertiary/aromatic N) is 1. The molecule has 2 atom stereocenters. The van der Waals surface area contributed by atoms with Crippen LogP contribution in [0, 0.1) is 6.92 Å². The summed E-state index contributed by atoms with van der Waals surface area (Å²) in [7, 11) is 4.96. The molecular formula is C18H26N2O5. The summed E-state index contributed by atoms with van der Waals surface area (Å²) >= 11 is 0. The van der Waals surface area contributed by atoms with Crippen LogP contribution < -0.4 is 10.1 Å². The van der Waals surface area contributed by atoms with Gasteiger partial charge in [0, 0.05) is 26.3 Å². The number of ether oxygens (including phenoxy) is 3. The van der Waals surface area contributed by atoms with Crippen LogP contribution in [0.5, 0.6) is 5.75 Å². The lowest BCUT2D eigenvalue weighted by Crippen LogP contribution is -2.51. The number of rotatable bonds is 6. The lowest BCUT2D eigenvalue weighted by molar-refractivity contribution is -0.138. The molecule has 1 heterocycles. The highest BCUT2D eigenvalue weighted by molar-refractivity contribution is 5.94. The Balaban J connectivity index is 1.99. The fourth-order valence-electron chi connectivity index (χ4n) is 2.63. The Kier molecular flexibility index (Phi) is 6.78. The van der Waals surface area contributed by atoms with E-state index in [1.165, 1.54) is 4.90 Å². The summed E-state index contributed by atoms with van der Waals surface area (Å²) in [5, 5.41) is 2.95. The van der Waals surface area contributed by atoms with Crippen LogP contribution in [0.3, 0.4) is 0 Å². The highest BCUT2D eigenvalue weighted by atomic mass is 16.5. The van der Waals surface area contributed by atoms with Gasteiger partial charge >= 0.3 is 0 Å². The molecule has 2 rings (SSSR count). The molecule has 25 heavy (non-hydrogen) atoms. The van der Waals surface area contributed by atoms with Gasteiger partial charge in [-0.1, -0.05) is 0 Å². The van der Waals surface area contributed by atoms with E-state index < -0.39 is 0 Å². The van der Waals surface area contributed by atoms with Crippen molar-refractivity contribution in [1.29, 1.82) is 0 Å². The van der Waals surface area contributed by atoms with E-state index in [-0.39, 0.29) is 30.6 Å². The summed E-state index contributed by atoms with van der Waals surface area (Å²) in [6.07, 6.45) is 0.383. The number of amides is 2. The third-order valence-electron chi connectivity index (χ3n) is 4.19. The van der Waals surface area contributed by atoms with Gasteiger partial charge in [-0.2, -0.15) is 0 Å². The number of likely N-dealkylation sites (N-methyl/N-ethyl adjacent to an activating group) is 1. The van der Waals surface area contributed by atoms with Gasteiger partial charge in [-0.25, -0.2) is 0 Å². The van der Waals surface area contributed by atoms with Crippen molar-refractivity contribution in [3.63, 3.8) is 0 Å². The van der Waals surface area contributed by atoms with E-state index in [0.29, 0.717) is 25.2 Å². The first-order valence-corrected chi connectivity index (χ1v) is 8.27. The van der Waals surface area contributed by atoms with Gasteiger partial charge in [-0.15, -0.1) is 0 Å². The predicted octanol–water partition coefficient (Wildman–Crippen LogP) is 0.996. The highest BCUT2D eigenvalue weighted by Gasteiger charge is 2.29. The molecule has 0 aromatic heterocycles. The Morgan fingerprint density at radius 3 is 2.76 bits per heavy atom. The van der Waals surface area contributed by atoms with Crippen LogP contribution in [0.2, 0.25) is 0 Å². The molecular weight excluding hydrogens is 324 g/mol. The normalized spacial score (nSPS) is 20.0. The monoisotopic (exact) mass is 350 g/mol. The topological polar surface area (TPSA) is 77.1 Å². The molecule has 1 aliphatic rings. The molecule has 0 bridgehead atoms. The molecule has 0 saturated carbocycles. The summed E-state index contributed by atoms with van der Waals surface area (Å²) in [6, 6.07) is 4.98. The minimum atomic E-state index is -0.293. The van der Waals surface area contributed by atoms with Gasteiger partial charge in [0.15, 0.2) is 0 Å². The van der Waals surface area contributed by atoms with Gasteiger partial charge in [-0.3, -0.25) is 9.59 Å². The average Bonchev–Trinajstić information content (AvgIpc) is 2.60. The minimum Gasteiger partial charge on any atom is -0.496 e. The van der Waals surface area contributed by atoms with E-state index in [4.69, 9.17) is 14.2 Å². The van der Waals surface area contributed by atoms with Crippen LogP contribution >= 0.6 is 0 Å². The second-order valence-corrected chi connectivity index (χ2v) is 6.27. The van der Waals surface area contributed by atoms with Crippen molar-refractivity contribution in [1.82, 2.24) is 10.2 Å². The van der Waals surface area contributed by atoms with Crippen molar-refractivity contribution < 1.29 is 23.8 Å². The zero-order chi connectivity index (χ0) is 18.4. The Bertz CT molecular complexity index is 617. The van der Waals surface area contributed by atoms with Gasteiger partial charge in [-0.05, 0) is 37.1 Å². The zero-order valence-electron chi connectivity index (χ0n) is 15.2. The van der Waals surface area contributed by atoms with Gasteiger partial charge in [0.25, 0.3) is 5.91 Å². The van der Waals surface area contributed by atoms with Crippen molar-refractivity contribution >= 4 is 11.8 Å². The fourth-order valence-corrected chi connectivity index (χ4v) is 2.63. The first-order chi connectivity index (χ1) is 11.9. The zero-order valence-corrected chi connectivity index (χ0v) is 15.2. The number of nitrogens with one attached hydrogen (secondary N) is 1. The maximum Gasteiger partial charge on any atom is 0.251 e. The fraction of sp³-hybridized carbons (Fsp3) is 0.556. The van der Waals surface area contributed by atoms with Crippen molar-refractivity contribution in [2.45, 2.75) is 25.5 Å². The number of carbonyl (C=O) groups is 2. The summed E-state index contributed by atoms with van der Waals surface area (Å²) in [5.74, 6) is 0.428. The molecule has 7 nitrogen and oxygen atoms in total. The van der Waals surface area contributed by atoms with Crippen LogP contribution in [0.4, 0.5) is 0 Å². The van der Waals surface area contributed by atoms with E-state index in [1.54, 1.807) is 39.4 Å². The second-order valence-electron chi connectivity index (χ2n) is 6.27. The molecule has 0 unspecified atom stereocenters. The molecule has 0 radical (unpaired) electrons. The minimum absolute atomic E-state index is 0.00825. The number of aryl methyl sites for hydroxylation is 1. The van der Waals surface area contributed by atoms with E-state index in [2.05, 4.69) is 5.32 Å². The van der Waals surface area contributed by atoms with Crippen LogP contribution in [0.15, 0.2) is 18.2 Å². The van der Waals surface area contributed by atoms with E-state index in [0.717, 1.165) is 11.3 Å². The Labute approximate surface area is 148 Å². The van der Waals surface area contributed by atoms with Crippen LogP contribution in [-0.4, -0.2) is 69.9 Å². The van der Waals surface area contributed by atoms with Gasteiger partial charge in [0.05, 0.1) is 25.9 Å². The molecule has 0 aliphatic carbocycles. The van der Waals surface area contributed by atoms with E-state index >= 15 is 0 Å². The molecule has 0 spiro atoms. The number of hydrogen-bond acceptors (Lipinski definition) is 5. The van der Waals surface area contributed by atoms with E-state index in [9.17, 15) is 9.59 Å². The van der Waals surface area contributed by atoms with Crippen molar-refractivity contribution in [3.8, 4) is 5.75 Å². The maximum atomic E-state index is 12.5. The first kappa shape index (κ1) is 19.2. The molecule has 1 saturated heterocycles. The third kappa shape index (κ3) is 5.17. The van der Waals surface area contributed by atoms with Crippen LogP contribution in [-0.2, 0) is 14.3 Å². The highest BCUT2D eigenvalue weighted by Crippen LogP contribution is 2.19. The molecule has 7 heteroatoms. The Morgan fingerprint density at radius 2 is 2.12 bits per heavy atom. The number of benzene rings is 1. The maximum absolute atomic E-state index is 12.5. The number of hydrogen-bond donors (Lipinski definition) is 1. The summed E-state index contributed by atoms with van der Waals surface area (Å²) in [5.41, 5.74) is 1.44. The molecule has 2 amide bonds. The third-order valence-corrected chi connectivity index (χ3v) is 4.19. The lowest BCUT2D eigenvalue weighted by Gasteiger charge is -2.32.